The number of hydrogen-bond acceptors (Lipinski definition) is 3. The fourth-order valence-corrected chi connectivity index (χ4v) is 2.66. The number of carbonyl (C=O) groups is 1. The van der Waals surface area contributed by atoms with Crippen molar-refractivity contribution >= 4 is 6.09 Å². The predicted octanol–water partition coefficient (Wildman–Crippen LogP) is 1.49. The Balaban J connectivity index is 2.00. The third-order valence-electron chi connectivity index (χ3n) is 3.51. The van der Waals surface area contributed by atoms with Crippen LogP contribution < -0.4 is 5.73 Å². The molecule has 1 amide bonds. The topological polar surface area (TPSA) is 55.6 Å². The molecule has 0 bridgehead atoms. The van der Waals surface area contributed by atoms with Gasteiger partial charge in [0.1, 0.15) is 5.60 Å². The number of hydrogen-bond donors (Lipinski definition) is 1. The molecule has 1 atom stereocenters. The lowest BCUT2D eigenvalue weighted by Gasteiger charge is -2.23. The lowest BCUT2D eigenvalue weighted by molar-refractivity contribution is 0.0668. The molecule has 4 heteroatoms. The second-order valence-electron chi connectivity index (χ2n) is 4.92. The SMILES string of the molecule is CC1(CCN)CN(C2CCCC2)C(=O)O1. The highest BCUT2D eigenvalue weighted by Crippen LogP contribution is 2.32. The molecule has 4 nitrogen and oxygen atoms in total. The van der Waals surface area contributed by atoms with Crippen molar-refractivity contribution in [2.75, 3.05) is 13.1 Å². The van der Waals surface area contributed by atoms with Gasteiger partial charge >= 0.3 is 6.09 Å². The maximum atomic E-state index is 11.7. The molecule has 1 heterocycles. The summed E-state index contributed by atoms with van der Waals surface area (Å²) in [5.74, 6) is 0. The van der Waals surface area contributed by atoms with Crippen molar-refractivity contribution in [1.29, 1.82) is 0 Å². The first kappa shape index (κ1) is 10.7. The highest BCUT2D eigenvalue weighted by Gasteiger charge is 2.43. The van der Waals surface area contributed by atoms with Gasteiger partial charge in [-0.2, -0.15) is 0 Å². The molecule has 1 saturated heterocycles. The van der Waals surface area contributed by atoms with Gasteiger partial charge in [-0.1, -0.05) is 12.8 Å². The molecule has 0 aromatic rings. The molecule has 2 aliphatic rings. The average molecular weight is 212 g/mol. The zero-order chi connectivity index (χ0) is 10.9. The van der Waals surface area contributed by atoms with E-state index in [0.717, 1.165) is 19.3 Å². The van der Waals surface area contributed by atoms with Gasteiger partial charge in [-0.25, -0.2) is 4.79 Å². The minimum Gasteiger partial charge on any atom is -0.441 e. The van der Waals surface area contributed by atoms with Crippen molar-refractivity contribution < 1.29 is 9.53 Å². The van der Waals surface area contributed by atoms with Gasteiger partial charge in [-0.05, 0) is 26.3 Å². The van der Waals surface area contributed by atoms with Crippen molar-refractivity contribution in [1.82, 2.24) is 4.90 Å². The van der Waals surface area contributed by atoms with Crippen LogP contribution in [-0.2, 0) is 4.74 Å². The summed E-state index contributed by atoms with van der Waals surface area (Å²) in [6.45, 7) is 3.27. The second kappa shape index (κ2) is 4.00. The molecule has 1 aliphatic heterocycles. The molecular weight excluding hydrogens is 192 g/mol. The molecule has 0 aromatic heterocycles. The molecule has 86 valence electrons. The Morgan fingerprint density at radius 2 is 2.20 bits per heavy atom. The third-order valence-corrected chi connectivity index (χ3v) is 3.51. The van der Waals surface area contributed by atoms with E-state index in [1.165, 1.54) is 12.8 Å². The van der Waals surface area contributed by atoms with Crippen LogP contribution in [0.5, 0.6) is 0 Å². The predicted molar refractivity (Wildman–Crippen MR) is 57.5 cm³/mol. The van der Waals surface area contributed by atoms with Crippen LogP contribution >= 0.6 is 0 Å². The quantitative estimate of drug-likeness (QED) is 0.771. The Morgan fingerprint density at radius 3 is 2.80 bits per heavy atom. The van der Waals surface area contributed by atoms with Crippen LogP contribution in [0, 0.1) is 0 Å². The first-order chi connectivity index (χ1) is 7.14. The van der Waals surface area contributed by atoms with Gasteiger partial charge in [-0.3, -0.25) is 0 Å². The van der Waals surface area contributed by atoms with Gasteiger partial charge < -0.3 is 15.4 Å². The molecule has 0 radical (unpaired) electrons. The number of ether oxygens (including phenoxy) is 1. The lowest BCUT2D eigenvalue weighted by Crippen LogP contribution is -2.37. The highest BCUT2D eigenvalue weighted by molar-refractivity contribution is 5.71. The Morgan fingerprint density at radius 1 is 1.53 bits per heavy atom. The van der Waals surface area contributed by atoms with Crippen LogP contribution in [0.4, 0.5) is 4.79 Å². The van der Waals surface area contributed by atoms with Gasteiger partial charge in [0.25, 0.3) is 0 Å². The Hall–Kier alpha value is -0.770. The van der Waals surface area contributed by atoms with Crippen LogP contribution in [0.25, 0.3) is 0 Å². The molecule has 1 aliphatic carbocycles. The van der Waals surface area contributed by atoms with Crippen molar-refractivity contribution in [2.45, 2.75) is 50.7 Å². The fraction of sp³-hybridized carbons (Fsp3) is 0.909. The van der Waals surface area contributed by atoms with Gasteiger partial charge in [-0.15, -0.1) is 0 Å². The minimum atomic E-state index is -0.353. The molecular formula is C11H20N2O2. The first-order valence-electron chi connectivity index (χ1n) is 5.84. The summed E-state index contributed by atoms with van der Waals surface area (Å²) in [5.41, 5.74) is 5.18. The maximum absolute atomic E-state index is 11.7. The van der Waals surface area contributed by atoms with Gasteiger partial charge in [0.05, 0.1) is 6.54 Å². The molecule has 0 aromatic carbocycles. The molecule has 2 N–H and O–H groups in total. The molecule has 2 rings (SSSR count). The monoisotopic (exact) mass is 212 g/mol. The largest absolute Gasteiger partial charge is 0.441 e. The molecule has 2 fully saturated rings. The number of nitrogens with two attached hydrogens (primary N) is 1. The van der Waals surface area contributed by atoms with Crippen molar-refractivity contribution in [3.05, 3.63) is 0 Å². The van der Waals surface area contributed by atoms with Crippen LogP contribution in [-0.4, -0.2) is 35.7 Å². The van der Waals surface area contributed by atoms with Gasteiger partial charge in [0, 0.05) is 12.5 Å². The summed E-state index contributed by atoms with van der Waals surface area (Å²) < 4.78 is 5.42. The summed E-state index contributed by atoms with van der Waals surface area (Å²) in [5, 5.41) is 0. The van der Waals surface area contributed by atoms with Crippen LogP contribution in [0.15, 0.2) is 0 Å². The second-order valence-corrected chi connectivity index (χ2v) is 4.92. The van der Waals surface area contributed by atoms with Gasteiger partial charge in [0.15, 0.2) is 0 Å². The summed E-state index contributed by atoms with van der Waals surface area (Å²) in [6, 6.07) is 0.414. The summed E-state index contributed by atoms with van der Waals surface area (Å²) >= 11 is 0. The molecule has 1 unspecified atom stereocenters. The summed E-state index contributed by atoms with van der Waals surface area (Å²) in [4.78, 5) is 13.6. The zero-order valence-electron chi connectivity index (χ0n) is 9.37. The van der Waals surface area contributed by atoms with E-state index in [4.69, 9.17) is 10.5 Å². The molecule has 0 spiro atoms. The van der Waals surface area contributed by atoms with E-state index in [2.05, 4.69) is 0 Å². The number of amides is 1. The van der Waals surface area contributed by atoms with Crippen LogP contribution in [0.2, 0.25) is 0 Å². The number of cyclic esters (lactones) is 1. The van der Waals surface area contributed by atoms with Crippen molar-refractivity contribution in [3.8, 4) is 0 Å². The fourth-order valence-electron chi connectivity index (χ4n) is 2.66. The smallest absolute Gasteiger partial charge is 0.410 e. The Bertz CT molecular complexity index is 251. The van der Waals surface area contributed by atoms with E-state index in [1.807, 2.05) is 11.8 Å². The zero-order valence-corrected chi connectivity index (χ0v) is 9.37. The molecule has 1 saturated carbocycles. The van der Waals surface area contributed by atoms with Crippen LogP contribution in [0.3, 0.4) is 0 Å². The van der Waals surface area contributed by atoms with E-state index in [-0.39, 0.29) is 11.7 Å². The minimum absolute atomic E-state index is 0.141. The number of nitrogens with zero attached hydrogens (tertiary/aromatic N) is 1. The summed E-state index contributed by atoms with van der Waals surface area (Å²) in [6.07, 6.45) is 5.35. The Labute approximate surface area is 90.8 Å². The van der Waals surface area contributed by atoms with Crippen molar-refractivity contribution in [2.24, 2.45) is 5.73 Å². The number of carbonyl (C=O) groups excluding carboxylic acids is 1. The van der Waals surface area contributed by atoms with Gasteiger partial charge in [0.2, 0.25) is 0 Å². The standard InChI is InChI=1S/C11H20N2O2/c1-11(6-7-12)8-13(10(14)15-11)9-4-2-3-5-9/h9H,2-8,12H2,1H3. The van der Waals surface area contributed by atoms with E-state index < -0.39 is 0 Å². The summed E-state index contributed by atoms with van der Waals surface area (Å²) in [7, 11) is 0. The van der Waals surface area contributed by atoms with Crippen molar-refractivity contribution in [3.63, 3.8) is 0 Å². The van der Waals surface area contributed by atoms with E-state index >= 15 is 0 Å². The van der Waals surface area contributed by atoms with E-state index in [9.17, 15) is 4.79 Å². The maximum Gasteiger partial charge on any atom is 0.410 e. The highest BCUT2D eigenvalue weighted by atomic mass is 16.6. The lowest BCUT2D eigenvalue weighted by atomic mass is 10.0. The third kappa shape index (κ3) is 2.09. The van der Waals surface area contributed by atoms with E-state index in [1.54, 1.807) is 0 Å². The number of rotatable bonds is 3. The van der Waals surface area contributed by atoms with E-state index in [0.29, 0.717) is 19.1 Å². The normalized spacial score (nSPS) is 32.4. The molecule has 15 heavy (non-hydrogen) atoms. The average Bonchev–Trinajstić information content (AvgIpc) is 2.74. The Kier molecular flexibility index (Phi) is 2.87. The first-order valence-corrected chi connectivity index (χ1v) is 5.84. The van der Waals surface area contributed by atoms with Crippen LogP contribution in [0.1, 0.15) is 39.0 Å².